The molecule has 0 saturated heterocycles. The summed E-state index contributed by atoms with van der Waals surface area (Å²) in [7, 11) is 1.51. The summed E-state index contributed by atoms with van der Waals surface area (Å²) in [5.74, 6) is -1.40. The van der Waals surface area contributed by atoms with E-state index in [0.29, 0.717) is 11.3 Å². The van der Waals surface area contributed by atoms with E-state index in [1.54, 1.807) is 45.0 Å². The highest BCUT2D eigenvalue weighted by molar-refractivity contribution is 5.99. The Morgan fingerprint density at radius 3 is 2.23 bits per heavy atom. The van der Waals surface area contributed by atoms with E-state index < -0.39 is 17.9 Å². The van der Waals surface area contributed by atoms with Gasteiger partial charge >= 0.3 is 11.9 Å². The first-order chi connectivity index (χ1) is 12.5. The van der Waals surface area contributed by atoms with Crippen LogP contribution in [0.1, 0.15) is 32.3 Å². The van der Waals surface area contributed by atoms with Crippen molar-refractivity contribution in [2.45, 2.75) is 26.7 Å². The average Bonchev–Trinajstić information content (AvgIpc) is 2.61. The maximum atomic E-state index is 12.6. The van der Waals surface area contributed by atoms with E-state index in [9.17, 15) is 9.59 Å². The summed E-state index contributed by atoms with van der Waals surface area (Å²) < 4.78 is 21.2. The van der Waals surface area contributed by atoms with Gasteiger partial charge in [-0.3, -0.25) is 0 Å². The number of rotatable bonds is 6. The van der Waals surface area contributed by atoms with Crippen LogP contribution in [-0.2, 0) is 23.8 Å². The molecule has 1 aliphatic rings. The summed E-state index contributed by atoms with van der Waals surface area (Å²) in [4.78, 5) is 25.2. The number of para-hydroxylation sites is 1. The molecule has 1 aromatic carbocycles. The summed E-state index contributed by atoms with van der Waals surface area (Å²) in [6.45, 7) is 5.33. The Morgan fingerprint density at radius 2 is 1.65 bits per heavy atom. The van der Waals surface area contributed by atoms with Crippen molar-refractivity contribution in [2.24, 2.45) is 5.73 Å². The Kier molecular flexibility index (Phi) is 6.27. The predicted molar refractivity (Wildman–Crippen MR) is 94.0 cm³/mol. The molecule has 2 rings (SSSR count). The number of hydrogen-bond acceptors (Lipinski definition) is 7. The van der Waals surface area contributed by atoms with Crippen molar-refractivity contribution in [3.05, 3.63) is 52.6 Å². The summed E-state index contributed by atoms with van der Waals surface area (Å²) in [5, 5.41) is 0. The van der Waals surface area contributed by atoms with Gasteiger partial charge in [0.05, 0.1) is 31.8 Å². The normalized spacial score (nSPS) is 16.8. The zero-order chi connectivity index (χ0) is 19.3. The van der Waals surface area contributed by atoms with Gasteiger partial charge < -0.3 is 24.7 Å². The van der Waals surface area contributed by atoms with Crippen LogP contribution in [0.2, 0.25) is 0 Å². The Balaban J connectivity index is 2.69. The SMILES string of the molecule is CCOC(=O)C1=C(C)OC(N)=C(C(=O)OCC)[C@H]1c1ccccc1OC. The molecular weight excluding hydrogens is 338 g/mol. The lowest BCUT2D eigenvalue weighted by Gasteiger charge is -2.29. The largest absolute Gasteiger partial charge is 0.496 e. The van der Waals surface area contributed by atoms with Crippen molar-refractivity contribution in [3.63, 3.8) is 0 Å². The molecule has 0 amide bonds. The van der Waals surface area contributed by atoms with Gasteiger partial charge in [-0.2, -0.15) is 0 Å². The number of esters is 2. The number of allylic oxidation sites excluding steroid dienone is 1. The van der Waals surface area contributed by atoms with Gasteiger partial charge in [0.15, 0.2) is 0 Å². The number of ether oxygens (including phenoxy) is 4. The van der Waals surface area contributed by atoms with Crippen molar-refractivity contribution in [2.75, 3.05) is 20.3 Å². The summed E-state index contributed by atoms with van der Waals surface area (Å²) >= 11 is 0. The molecule has 0 spiro atoms. The molecule has 0 fully saturated rings. The van der Waals surface area contributed by atoms with Gasteiger partial charge in [0.1, 0.15) is 17.1 Å². The van der Waals surface area contributed by atoms with Crippen LogP contribution in [0.25, 0.3) is 0 Å². The van der Waals surface area contributed by atoms with Crippen LogP contribution in [0.5, 0.6) is 5.75 Å². The lowest BCUT2D eigenvalue weighted by atomic mass is 9.82. The smallest absolute Gasteiger partial charge is 0.340 e. The third-order valence-electron chi connectivity index (χ3n) is 3.93. The summed E-state index contributed by atoms with van der Waals surface area (Å²) in [6, 6.07) is 7.07. The molecule has 0 bridgehead atoms. The van der Waals surface area contributed by atoms with Crippen molar-refractivity contribution >= 4 is 11.9 Å². The molecule has 0 aliphatic carbocycles. The molecule has 1 aliphatic heterocycles. The van der Waals surface area contributed by atoms with Crippen LogP contribution in [-0.4, -0.2) is 32.3 Å². The topological polar surface area (TPSA) is 97.1 Å². The second-order valence-corrected chi connectivity index (χ2v) is 5.47. The fraction of sp³-hybridized carbons (Fsp3) is 0.368. The maximum Gasteiger partial charge on any atom is 0.340 e. The van der Waals surface area contributed by atoms with E-state index in [1.807, 2.05) is 0 Å². The lowest BCUT2D eigenvalue weighted by molar-refractivity contribution is -0.140. The molecule has 1 aromatic rings. The molecule has 1 heterocycles. The monoisotopic (exact) mass is 361 g/mol. The Labute approximate surface area is 152 Å². The first kappa shape index (κ1) is 19.4. The van der Waals surface area contributed by atoms with Gasteiger partial charge in [-0.15, -0.1) is 0 Å². The zero-order valence-electron chi connectivity index (χ0n) is 15.3. The van der Waals surface area contributed by atoms with Crippen LogP contribution in [0, 0.1) is 0 Å². The van der Waals surface area contributed by atoms with Gasteiger partial charge in [-0.1, -0.05) is 18.2 Å². The van der Waals surface area contributed by atoms with Gasteiger partial charge in [-0.05, 0) is 26.8 Å². The fourth-order valence-electron chi connectivity index (χ4n) is 2.88. The van der Waals surface area contributed by atoms with Crippen molar-refractivity contribution in [3.8, 4) is 5.75 Å². The van der Waals surface area contributed by atoms with E-state index in [4.69, 9.17) is 24.7 Å². The van der Waals surface area contributed by atoms with Gasteiger partial charge in [0.2, 0.25) is 5.88 Å². The molecule has 0 aromatic heterocycles. The fourth-order valence-corrected chi connectivity index (χ4v) is 2.88. The Hall–Kier alpha value is -2.96. The highest BCUT2D eigenvalue weighted by atomic mass is 16.5. The minimum Gasteiger partial charge on any atom is -0.496 e. The number of nitrogens with two attached hydrogens (primary N) is 1. The van der Waals surface area contributed by atoms with Crippen LogP contribution in [0.15, 0.2) is 47.1 Å². The van der Waals surface area contributed by atoms with Crippen molar-refractivity contribution < 1.29 is 28.5 Å². The third kappa shape index (κ3) is 3.66. The Bertz CT molecular complexity index is 725. The number of carbonyl (C=O) groups is 2. The molecule has 0 saturated carbocycles. The quantitative estimate of drug-likeness (QED) is 0.777. The molecule has 7 nitrogen and oxygen atoms in total. The minimum atomic E-state index is -0.821. The minimum absolute atomic E-state index is 0.0463. The molecule has 0 radical (unpaired) electrons. The van der Waals surface area contributed by atoms with E-state index in [-0.39, 0.29) is 36.0 Å². The Morgan fingerprint density at radius 1 is 1.08 bits per heavy atom. The third-order valence-corrected chi connectivity index (χ3v) is 3.93. The van der Waals surface area contributed by atoms with Gasteiger partial charge in [0.25, 0.3) is 0 Å². The predicted octanol–water partition coefficient (Wildman–Crippen LogP) is 2.38. The van der Waals surface area contributed by atoms with Gasteiger partial charge in [-0.25, -0.2) is 9.59 Å². The highest BCUT2D eigenvalue weighted by Gasteiger charge is 2.41. The van der Waals surface area contributed by atoms with Crippen molar-refractivity contribution in [1.82, 2.24) is 0 Å². The van der Waals surface area contributed by atoms with E-state index in [0.717, 1.165) is 0 Å². The zero-order valence-corrected chi connectivity index (χ0v) is 15.3. The number of carbonyl (C=O) groups excluding carboxylic acids is 2. The molecule has 2 N–H and O–H groups in total. The summed E-state index contributed by atoms with van der Waals surface area (Å²) in [5.41, 5.74) is 6.81. The van der Waals surface area contributed by atoms with Crippen molar-refractivity contribution in [1.29, 1.82) is 0 Å². The first-order valence-corrected chi connectivity index (χ1v) is 8.31. The van der Waals surface area contributed by atoms with E-state index in [2.05, 4.69) is 0 Å². The van der Waals surface area contributed by atoms with E-state index >= 15 is 0 Å². The maximum absolute atomic E-state index is 12.6. The second-order valence-electron chi connectivity index (χ2n) is 5.47. The van der Waals surface area contributed by atoms with E-state index in [1.165, 1.54) is 7.11 Å². The lowest BCUT2D eigenvalue weighted by Crippen LogP contribution is -2.30. The standard InChI is InChI=1S/C19H23NO6/c1-5-24-18(21)14-11(3)26-17(20)16(19(22)25-6-2)15(14)12-9-7-8-10-13(12)23-4/h7-10,15H,5-6,20H2,1-4H3/t15-/m0/s1. The highest BCUT2D eigenvalue weighted by Crippen LogP contribution is 2.43. The number of benzene rings is 1. The van der Waals surface area contributed by atoms with Crippen LogP contribution in [0.4, 0.5) is 0 Å². The van der Waals surface area contributed by atoms with Gasteiger partial charge in [0, 0.05) is 5.56 Å². The molecule has 1 atom stereocenters. The van der Waals surface area contributed by atoms with Crippen LogP contribution in [0.3, 0.4) is 0 Å². The number of methoxy groups -OCH3 is 1. The average molecular weight is 361 g/mol. The number of hydrogen-bond donors (Lipinski definition) is 1. The van der Waals surface area contributed by atoms with Crippen LogP contribution < -0.4 is 10.5 Å². The molecule has 26 heavy (non-hydrogen) atoms. The molecule has 0 unspecified atom stereocenters. The summed E-state index contributed by atoms with van der Waals surface area (Å²) in [6.07, 6.45) is 0. The molecular formula is C19H23NO6. The second kappa shape index (κ2) is 8.42. The molecule has 140 valence electrons. The first-order valence-electron chi connectivity index (χ1n) is 8.31. The molecule has 7 heteroatoms. The van der Waals surface area contributed by atoms with Crippen LogP contribution >= 0.6 is 0 Å².